The summed E-state index contributed by atoms with van der Waals surface area (Å²) in [7, 11) is 0. The number of nitrogens with zero attached hydrogens (tertiary/aromatic N) is 1. The number of carbonyl (C=O) groups excluding carboxylic acids is 3. The van der Waals surface area contributed by atoms with Gasteiger partial charge in [-0.15, -0.1) is 0 Å². The summed E-state index contributed by atoms with van der Waals surface area (Å²) < 4.78 is 0. The Kier molecular flexibility index (Phi) is 8.87. The Morgan fingerprint density at radius 2 is 1.62 bits per heavy atom. The first-order valence-corrected chi connectivity index (χ1v) is 13.5. The SMILES string of the molecule is O=C(N[C@H](C(=O)N1CCC[C@H]1C(=O)NCCc1ccccc1Cl)C1CCCCC1)C1CCCC1. The van der Waals surface area contributed by atoms with Crippen molar-refractivity contribution in [2.75, 3.05) is 13.1 Å². The zero-order chi connectivity index (χ0) is 23.9. The van der Waals surface area contributed by atoms with E-state index < -0.39 is 12.1 Å². The van der Waals surface area contributed by atoms with Crippen molar-refractivity contribution in [3.8, 4) is 0 Å². The Balaban J connectivity index is 1.39. The largest absolute Gasteiger partial charge is 0.354 e. The zero-order valence-corrected chi connectivity index (χ0v) is 20.8. The first kappa shape index (κ1) is 25.0. The minimum absolute atomic E-state index is 0.0290. The highest BCUT2D eigenvalue weighted by molar-refractivity contribution is 6.31. The van der Waals surface area contributed by atoms with Crippen LogP contribution in [0.5, 0.6) is 0 Å². The van der Waals surface area contributed by atoms with E-state index in [0.29, 0.717) is 31.0 Å². The molecule has 0 unspecified atom stereocenters. The van der Waals surface area contributed by atoms with E-state index in [1.807, 2.05) is 24.3 Å². The molecule has 1 aromatic carbocycles. The normalized spacial score (nSPS) is 22.5. The molecule has 2 aliphatic carbocycles. The first-order valence-electron chi connectivity index (χ1n) is 13.2. The van der Waals surface area contributed by atoms with E-state index in [1.165, 1.54) is 6.42 Å². The third kappa shape index (κ3) is 6.12. The molecule has 2 N–H and O–H groups in total. The van der Waals surface area contributed by atoms with Gasteiger partial charge in [0, 0.05) is 24.0 Å². The van der Waals surface area contributed by atoms with Gasteiger partial charge in [-0.1, -0.05) is 61.9 Å². The highest BCUT2D eigenvalue weighted by Gasteiger charge is 2.41. The van der Waals surface area contributed by atoms with Crippen LogP contribution in [0.1, 0.15) is 76.2 Å². The Bertz CT molecular complexity index is 864. The van der Waals surface area contributed by atoms with Crippen molar-refractivity contribution in [2.45, 2.75) is 89.1 Å². The first-order chi connectivity index (χ1) is 16.5. The van der Waals surface area contributed by atoms with Crippen LogP contribution in [0.15, 0.2) is 24.3 Å². The Morgan fingerprint density at radius 1 is 0.912 bits per heavy atom. The molecule has 3 amide bonds. The molecule has 1 aromatic rings. The van der Waals surface area contributed by atoms with E-state index >= 15 is 0 Å². The third-order valence-corrected chi connectivity index (χ3v) is 8.27. The van der Waals surface area contributed by atoms with Crippen LogP contribution in [0, 0.1) is 11.8 Å². The topological polar surface area (TPSA) is 78.5 Å². The van der Waals surface area contributed by atoms with Gasteiger partial charge in [0.25, 0.3) is 0 Å². The van der Waals surface area contributed by atoms with Gasteiger partial charge in [0.1, 0.15) is 12.1 Å². The lowest BCUT2D eigenvalue weighted by molar-refractivity contribution is -0.143. The molecule has 186 valence electrons. The lowest BCUT2D eigenvalue weighted by Gasteiger charge is -2.35. The molecule has 1 saturated heterocycles. The van der Waals surface area contributed by atoms with Gasteiger partial charge in [0.15, 0.2) is 0 Å². The summed E-state index contributed by atoms with van der Waals surface area (Å²) in [5.41, 5.74) is 0.996. The molecule has 3 aliphatic rings. The summed E-state index contributed by atoms with van der Waals surface area (Å²) in [4.78, 5) is 41.5. The van der Waals surface area contributed by atoms with Crippen LogP contribution in [-0.2, 0) is 20.8 Å². The highest BCUT2D eigenvalue weighted by Crippen LogP contribution is 2.31. The van der Waals surface area contributed by atoms with E-state index in [-0.39, 0.29) is 29.6 Å². The lowest BCUT2D eigenvalue weighted by Crippen LogP contribution is -2.56. The van der Waals surface area contributed by atoms with E-state index in [2.05, 4.69) is 10.6 Å². The number of nitrogens with one attached hydrogen (secondary N) is 2. The summed E-state index contributed by atoms with van der Waals surface area (Å²) in [6.45, 7) is 1.05. The summed E-state index contributed by atoms with van der Waals surface area (Å²) >= 11 is 6.23. The maximum Gasteiger partial charge on any atom is 0.246 e. The Morgan fingerprint density at radius 3 is 2.35 bits per heavy atom. The highest BCUT2D eigenvalue weighted by atomic mass is 35.5. The van der Waals surface area contributed by atoms with Crippen molar-refractivity contribution in [1.29, 1.82) is 0 Å². The smallest absolute Gasteiger partial charge is 0.246 e. The molecular formula is C27H38ClN3O3. The van der Waals surface area contributed by atoms with Crippen LogP contribution in [0.2, 0.25) is 5.02 Å². The van der Waals surface area contributed by atoms with Crippen molar-refractivity contribution in [3.63, 3.8) is 0 Å². The number of carbonyl (C=O) groups is 3. The number of benzene rings is 1. The molecule has 0 radical (unpaired) electrons. The average molecular weight is 488 g/mol. The van der Waals surface area contributed by atoms with Gasteiger partial charge >= 0.3 is 0 Å². The molecule has 0 spiro atoms. The average Bonchev–Trinajstić information content (AvgIpc) is 3.56. The van der Waals surface area contributed by atoms with Crippen LogP contribution >= 0.6 is 11.6 Å². The monoisotopic (exact) mass is 487 g/mol. The van der Waals surface area contributed by atoms with Gasteiger partial charge in [-0.25, -0.2) is 0 Å². The summed E-state index contributed by atoms with van der Waals surface area (Å²) in [6, 6.07) is 6.66. The van der Waals surface area contributed by atoms with Crippen molar-refractivity contribution in [1.82, 2.24) is 15.5 Å². The second kappa shape index (κ2) is 12.1. The van der Waals surface area contributed by atoms with Crippen LogP contribution in [-0.4, -0.2) is 47.8 Å². The van der Waals surface area contributed by atoms with E-state index in [9.17, 15) is 14.4 Å². The second-order valence-corrected chi connectivity index (χ2v) is 10.6. The molecule has 6 nitrogen and oxygen atoms in total. The minimum Gasteiger partial charge on any atom is -0.354 e. The minimum atomic E-state index is -0.509. The number of halogens is 1. The second-order valence-electron chi connectivity index (χ2n) is 10.2. The standard InChI is InChI=1S/C27H38ClN3O3/c28-22-14-7-6-9-19(22)16-17-29-26(33)23-15-8-18-31(23)27(34)24(20-10-2-1-3-11-20)30-25(32)21-12-4-5-13-21/h6-7,9,14,20-21,23-24H,1-5,8,10-13,15-18H2,(H,29,33)(H,30,32)/t23-,24-/m0/s1. The van der Waals surface area contributed by atoms with Crippen LogP contribution in [0.25, 0.3) is 0 Å². The summed E-state index contributed by atoms with van der Waals surface area (Å²) in [5.74, 6) is 0.0447. The third-order valence-electron chi connectivity index (χ3n) is 7.90. The van der Waals surface area contributed by atoms with Gasteiger partial charge in [-0.05, 0) is 62.5 Å². The Hall–Kier alpha value is -2.08. The van der Waals surface area contributed by atoms with Gasteiger partial charge in [0.05, 0.1) is 0 Å². The Labute approximate surface area is 208 Å². The van der Waals surface area contributed by atoms with Gasteiger partial charge in [-0.3, -0.25) is 14.4 Å². The molecule has 0 aromatic heterocycles. The lowest BCUT2D eigenvalue weighted by atomic mass is 9.83. The zero-order valence-electron chi connectivity index (χ0n) is 20.1. The molecule has 34 heavy (non-hydrogen) atoms. The van der Waals surface area contributed by atoms with Crippen LogP contribution < -0.4 is 10.6 Å². The molecule has 2 saturated carbocycles. The molecule has 3 fully saturated rings. The van der Waals surface area contributed by atoms with Crippen LogP contribution in [0.3, 0.4) is 0 Å². The summed E-state index contributed by atoms with van der Waals surface area (Å²) in [5, 5.41) is 6.87. The van der Waals surface area contributed by atoms with Gasteiger partial charge in [0.2, 0.25) is 17.7 Å². The van der Waals surface area contributed by atoms with Crippen molar-refractivity contribution < 1.29 is 14.4 Å². The molecule has 0 bridgehead atoms. The number of amides is 3. The molecule has 7 heteroatoms. The van der Waals surface area contributed by atoms with Crippen molar-refractivity contribution >= 4 is 29.3 Å². The number of likely N-dealkylation sites (tertiary alicyclic amines) is 1. The number of hydrogen-bond acceptors (Lipinski definition) is 3. The maximum atomic E-state index is 13.8. The number of hydrogen-bond donors (Lipinski definition) is 2. The quantitative estimate of drug-likeness (QED) is 0.575. The van der Waals surface area contributed by atoms with Crippen molar-refractivity contribution in [2.24, 2.45) is 11.8 Å². The van der Waals surface area contributed by atoms with E-state index in [1.54, 1.807) is 4.90 Å². The van der Waals surface area contributed by atoms with Crippen LogP contribution in [0.4, 0.5) is 0 Å². The fraction of sp³-hybridized carbons (Fsp3) is 0.667. The molecule has 2 atom stereocenters. The predicted octanol–water partition coefficient (Wildman–Crippen LogP) is 4.25. The van der Waals surface area contributed by atoms with E-state index in [0.717, 1.165) is 63.4 Å². The summed E-state index contributed by atoms with van der Waals surface area (Å²) in [6.07, 6.45) is 11.4. The molecule has 4 rings (SSSR count). The fourth-order valence-corrected chi connectivity index (χ4v) is 6.16. The predicted molar refractivity (Wildman–Crippen MR) is 133 cm³/mol. The maximum absolute atomic E-state index is 13.8. The van der Waals surface area contributed by atoms with Gasteiger partial charge < -0.3 is 15.5 Å². The van der Waals surface area contributed by atoms with E-state index in [4.69, 9.17) is 11.6 Å². The molecular weight excluding hydrogens is 450 g/mol. The van der Waals surface area contributed by atoms with Gasteiger partial charge in [-0.2, -0.15) is 0 Å². The molecule has 1 heterocycles. The molecule has 1 aliphatic heterocycles. The fourth-order valence-electron chi connectivity index (χ4n) is 5.93. The number of rotatable bonds is 8. The van der Waals surface area contributed by atoms with Crippen molar-refractivity contribution in [3.05, 3.63) is 34.9 Å².